The van der Waals surface area contributed by atoms with Gasteiger partial charge in [-0.3, -0.25) is 9.59 Å². The van der Waals surface area contributed by atoms with Crippen LogP contribution in [0.4, 0.5) is 5.69 Å². The van der Waals surface area contributed by atoms with Crippen molar-refractivity contribution in [2.24, 2.45) is 0 Å². The number of hydrogen-bond acceptors (Lipinski definition) is 5. The molecule has 0 radical (unpaired) electrons. The highest BCUT2D eigenvalue weighted by Crippen LogP contribution is 2.35. The number of amides is 2. The first-order chi connectivity index (χ1) is 15.1. The molecule has 5 nitrogen and oxygen atoms in total. The van der Waals surface area contributed by atoms with E-state index in [1.165, 1.54) is 11.8 Å². The summed E-state index contributed by atoms with van der Waals surface area (Å²) in [6, 6.07) is 19.8. The molecule has 0 atom stereocenters. The molecular weight excluding hydrogens is 428 g/mol. The van der Waals surface area contributed by atoms with Crippen LogP contribution in [0.25, 0.3) is 16.8 Å². The van der Waals surface area contributed by atoms with E-state index in [1.807, 2.05) is 42.5 Å². The Bertz CT molecular complexity index is 1270. The van der Waals surface area contributed by atoms with Crippen molar-refractivity contribution in [3.8, 4) is 5.75 Å². The molecule has 7 heteroatoms. The number of benzene rings is 3. The van der Waals surface area contributed by atoms with Crippen LogP contribution >= 0.6 is 24.0 Å². The molecule has 2 heterocycles. The van der Waals surface area contributed by atoms with Gasteiger partial charge in [0.1, 0.15) is 16.7 Å². The summed E-state index contributed by atoms with van der Waals surface area (Å²) in [4.78, 5) is 27.5. The van der Waals surface area contributed by atoms with Crippen molar-refractivity contribution in [1.82, 2.24) is 5.32 Å². The SMILES string of the molecule is O=C1NC(=S)SC1=Cc1ccc2c(c1)N(C(=O)Cc1ccc3ccccc3c1)CCO2. The van der Waals surface area contributed by atoms with Crippen molar-refractivity contribution in [2.75, 3.05) is 18.1 Å². The number of ether oxygens (including phenoxy) is 1. The van der Waals surface area contributed by atoms with Gasteiger partial charge in [-0.05, 0) is 40.1 Å². The number of carbonyl (C=O) groups is 2. The number of hydrogen-bond donors (Lipinski definition) is 1. The Labute approximate surface area is 189 Å². The zero-order chi connectivity index (χ0) is 21.4. The number of thioether (sulfide) groups is 1. The van der Waals surface area contributed by atoms with Crippen molar-refractivity contribution in [1.29, 1.82) is 0 Å². The lowest BCUT2D eigenvalue weighted by Gasteiger charge is -2.30. The first kappa shape index (κ1) is 19.8. The van der Waals surface area contributed by atoms with E-state index in [2.05, 4.69) is 23.5 Å². The minimum absolute atomic E-state index is 0.0128. The minimum Gasteiger partial charge on any atom is -0.490 e. The first-order valence-electron chi connectivity index (χ1n) is 9.86. The molecule has 1 fully saturated rings. The maximum Gasteiger partial charge on any atom is 0.263 e. The summed E-state index contributed by atoms with van der Waals surface area (Å²) in [5.74, 6) is 0.478. The van der Waals surface area contributed by atoms with Crippen LogP contribution < -0.4 is 15.0 Å². The van der Waals surface area contributed by atoms with Gasteiger partial charge in [0, 0.05) is 0 Å². The van der Waals surface area contributed by atoms with Crippen molar-refractivity contribution in [2.45, 2.75) is 6.42 Å². The normalized spacial score (nSPS) is 16.9. The highest BCUT2D eigenvalue weighted by Gasteiger charge is 2.25. The molecule has 0 spiro atoms. The number of fused-ring (bicyclic) bond motifs is 2. The molecular formula is C24H18N2O3S2. The molecule has 3 aromatic carbocycles. The smallest absolute Gasteiger partial charge is 0.263 e. The zero-order valence-electron chi connectivity index (χ0n) is 16.5. The molecule has 5 rings (SSSR count). The molecule has 2 aliphatic heterocycles. The van der Waals surface area contributed by atoms with Crippen molar-refractivity contribution < 1.29 is 14.3 Å². The second-order valence-corrected chi connectivity index (χ2v) is 9.05. The van der Waals surface area contributed by atoms with Gasteiger partial charge in [0.25, 0.3) is 5.91 Å². The van der Waals surface area contributed by atoms with E-state index >= 15 is 0 Å². The fourth-order valence-electron chi connectivity index (χ4n) is 3.77. The standard InChI is InChI=1S/C24H18N2O3S2/c27-22(14-15-5-7-17-3-1-2-4-18(17)11-15)26-9-10-29-20-8-6-16(12-19(20)26)13-21-23(28)25-24(30)31-21/h1-8,11-13H,9-10,14H2,(H,25,28,30). The third kappa shape index (κ3) is 4.06. The summed E-state index contributed by atoms with van der Waals surface area (Å²) in [5.41, 5.74) is 2.51. The number of anilines is 1. The van der Waals surface area contributed by atoms with Crippen LogP contribution in [0.2, 0.25) is 0 Å². The fraction of sp³-hybridized carbons (Fsp3) is 0.125. The van der Waals surface area contributed by atoms with E-state index < -0.39 is 0 Å². The first-order valence-corrected chi connectivity index (χ1v) is 11.1. The average Bonchev–Trinajstić information content (AvgIpc) is 3.09. The third-order valence-corrected chi connectivity index (χ3v) is 6.42. The topological polar surface area (TPSA) is 58.6 Å². The Morgan fingerprint density at radius 3 is 2.77 bits per heavy atom. The summed E-state index contributed by atoms with van der Waals surface area (Å²) in [5, 5.41) is 4.89. The van der Waals surface area contributed by atoms with Crippen molar-refractivity contribution >= 4 is 62.7 Å². The van der Waals surface area contributed by atoms with Crippen LogP contribution in [-0.2, 0) is 16.0 Å². The number of nitrogens with zero attached hydrogens (tertiary/aromatic N) is 1. The second kappa shape index (κ2) is 8.17. The minimum atomic E-state index is -0.201. The molecule has 31 heavy (non-hydrogen) atoms. The number of nitrogens with one attached hydrogen (secondary N) is 1. The quantitative estimate of drug-likeness (QED) is 0.480. The Kier molecular flexibility index (Phi) is 5.21. The summed E-state index contributed by atoms with van der Waals surface area (Å²) < 4.78 is 6.20. The summed E-state index contributed by atoms with van der Waals surface area (Å²) in [6.07, 6.45) is 2.09. The van der Waals surface area contributed by atoms with E-state index in [0.717, 1.165) is 27.6 Å². The predicted octanol–water partition coefficient (Wildman–Crippen LogP) is 4.30. The van der Waals surface area contributed by atoms with E-state index in [4.69, 9.17) is 17.0 Å². The van der Waals surface area contributed by atoms with Crippen LogP contribution in [0.1, 0.15) is 11.1 Å². The second-order valence-electron chi connectivity index (χ2n) is 7.33. The Hall–Kier alpha value is -3.16. The average molecular weight is 447 g/mol. The van der Waals surface area contributed by atoms with Gasteiger partial charge < -0.3 is 15.0 Å². The van der Waals surface area contributed by atoms with Gasteiger partial charge in [0.05, 0.1) is 23.6 Å². The maximum atomic E-state index is 13.2. The highest BCUT2D eigenvalue weighted by molar-refractivity contribution is 8.26. The Morgan fingerprint density at radius 1 is 1.13 bits per heavy atom. The molecule has 0 bridgehead atoms. The largest absolute Gasteiger partial charge is 0.490 e. The predicted molar refractivity (Wildman–Crippen MR) is 128 cm³/mol. The molecule has 0 aromatic heterocycles. The van der Waals surface area contributed by atoms with E-state index in [9.17, 15) is 9.59 Å². The summed E-state index contributed by atoms with van der Waals surface area (Å²) in [7, 11) is 0. The van der Waals surface area contributed by atoms with Crippen LogP contribution in [0.5, 0.6) is 5.75 Å². The number of rotatable bonds is 3. The Balaban J connectivity index is 1.42. The Morgan fingerprint density at radius 2 is 1.97 bits per heavy atom. The van der Waals surface area contributed by atoms with Gasteiger partial charge in [-0.1, -0.05) is 72.5 Å². The molecule has 2 amide bonds. The molecule has 0 aliphatic carbocycles. The van der Waals surface area contributed by atoms with E-state index in [0.29, 0.717) is 34.5 Å². The lowest BCUT2D eigenvalue weighted by atomic mass is 10.0. The highest BCUT2D eigenvalue weighted by atomic mass is 32.2. The molecule has 154 valence electrons. The number of thiocarbonyl (C=S) groups is 1. The molecule has 1 saturated heterocycles. The van der Waals surface area contributed by atoms with Gasteiger partial charge in [-0.2, -0.15) is 0 Å². The van der Waals surface area contributed by atoms with Crippen molar-refractivity contribution in [3.05, 3.63) is 76.7 Å². The molecule has 1 N–H and O–H groups in total. The van der Waals surface area contributed by atoms with Crippen LogP contribution in [-0.4, -0.2) is 29.3 Å². The molecule has 2 aliphatic rings. The lowest BCUT2D eigenvalue weighted by molar-refractivity contribution is -0.118. The molecule has 0 saturated carbocycles. The van der Waals surface area contributed by atoms with Gasteiger partial charge in [-0.25, -0.2) is 0 Å². The zero-order valence-corrected chi connectivity index (χ0v) is 18.1. The van der Waals surface area contributed by atoms with Gasteiger partial charge in [-0.15, -0.1) is 0 Å². The van der Waals surface area contributed by atoms with Gasteiger partial charge in [0.2, 0.25) is 5.91 Å². The maximum absolute atomic E-state index is 13.2. The van der Waals surface area contributed by atoms with Gasteiger partial charge >= 0.3 is 0 Å². The number of carbonyl (C=O) groups excluding carboxylic acids is 2. The lowest BCUT2D eigenvalue weighted by Crippen LogP contribution is -2.38. The monoisotopic (exact) mass is 446 g/mol. The van der Waals surface area contributed by atoms with Crippen molar-refractivity contribution in [3.63, 3.8) is 0 Å². The van der Waals surface area contributed by atoms with Gasteiger partial charge in [0.15, 0.2) is 0 Å². The fourth-order valence-corrected chi connectivity index (χ4v) is 4.82. The molecule has 3 aromatic rings. The van der Waals surface area contributed by atoms with E-state index in [1.54, 1.807) is 11.0 Å². The summed E-state index contributed by atoms with van der Waals surface area (Å²) in [6.45, 7) is 0.933. The van der Waals surface area contributed by atoms with Crippen LogP contribution in [0.3, 0.4) is 0 Å². The molecule has 0 unspecified atom stereocenters. The summed E-state index contributed by atoms with van der Waals surface area (Å²) >= 11 is 6.28. The van der Waals surface area contributed by atoms with E-state index in [-0.39, 0.29) is 11.8 Å². The van der Waals surface area contributed by atoms with Crippen LogP contribution in [0, 0.1) is 0 Å². The third-order valence-electron chi connectivity index (χ3n) is 5.26. The van der Waals surface area contributed by atoms with Crippen LogP contribution in [0.15, 0.2) is 65.6 Å².